The van der Waals surface area contributed by atoms with E-state index < -0.39 is 0 Å². The molecule has 6 aromatic rings. The van der Waals surface area contributed by atoms with Crippen LogP contribution >= 0.6 is 34.8 Å². The van der Waals surface area contributed by atoms with Crippen molar-refractivity contribution in [3.63, 3.8) is 0 Å². The molecule has 12 heteroatoms. The number of anilines is 2. The zero-order valence-corrected chi connectivity index (χ0v) is 34.6. The summed E-state index contributed by atoms with van der Waals surface area (Å²) in [5.41, 5.74) is 6.79. The fraction of sp³-hybridized carbons (Fsp3) is 0.311. The summed E-state index contributed by atoms with van der Waals surface area (Å²) in [5.74, 6) is 0.274. The Morgan fingerprint density at radius 1 is 0.895 bits per heavy atom. The third-order valence-corrected chi connectivity index (χ3v) is 12.3. The number of H-pyrrole nitrogens is 1. The topological polar surface area (TPSA) is 89.5 Å². The first kappa shape index (κ1) is 39.0. The molecular formula is C45H46Cl3N7O2. The summed E-state index contributed by atoms with van der Waals surface area (Å²) in [5, 5.41) is 5.67. The lowest BCUT2D eigenvalue weighted by atomic mass is 9.99. The molecule has 4 aromatic carbocycles. The highest BCUT2D eigenvalue weighted by Crippen LogP contribution is 2.43. The molecule has 2 fully saturated rings. The van der Waals surface area contributed by atoms with Crippen LogP contribution < -0.4 is 10.2 Å². The van der Waals surface area contributed by atoms with Crippen molar-refractivity contribution in [1.82, 2.24) is 24.3 Å². The number of rotatable bonds is 10. The third-order valence-electron chi connectivity index (χ3n) is 11.5. The van der Waals surface area contributed by atoms with E-state index in [1.54, 1.807) is 37.5 Å². The number of hydrogen-bond donors (Lipinski definition) is 2. The van der Waals surface area contributed by atoms with Gasteiger partial charge in [0, 0.05) is 89.5 Å². The van der Waals surface area contributed by atoms with Crippen molar-refractivity contribution in [2.75, 3.05) is 57.0 Å². The van der Waals surface area contributed by atoms with Gasteiger partial charge in [0.05, 0.1) is 35.1 Å². The number of carbonyl (C=O) groups is 2. The van der Waals surface area contributed by atoms with Gasteiger partial charge in [0.25, 0.3) is 11.8 Å². The first-order chi connectivity index (χ1) is 27.5. The van der Waals surface area contributed by atoms with Crippen molar-refractivity contribution < 1.29 is 9.59 Å². The summed E-state index contributed by atoms with van der Waals surface area (Å²) in [6.45, 7) is 6.71. The SMILES string of the molecule is C[C@@H](c1ccc(Cl)cc1Cl)n1cnc(-c2ccccc2)c1-c1c(C(=O)Nc2cc(C(=O)N(C)C)ccc2N2CCN(CC3CCCC3)CC2)[nH]c2cc(Cl)ccc12. The molecule has 57 heavy (non-hydrogen) atoms. The molecule has 3 heterocycles. The second kappa shape index (κ2) is 16.6. The van der Waals surface area contributed by atoms with E-state index in [9.17, 15) is 4.79 Å². The minimum atomic E-state index is -0.364. The second-order valence-electron chi connectivity index (χ2n) is 15.4. The van der Waals surface area contributed by atoms with Crippen LogP contribution in [0.25, 0.3) is 33.4 Å². The van der Waals surface area contributed by atoms with Crippen LogP contribution in [0.5, 0.6) is 0 Å². The van der Waals surface area contributed by atoms with Crippen molar-refractivity contribution in [3.8, 4) is 22.5 Å². The molecule has 2 aliphatic rings. The molecule has 9 nitrogen and oxygen atoms in total. The fourth-order valence-electron chi connectivity index (χ4n) is 8.50. The number of hydrogen-bond acceptors (Lipinski definition) is 5. The number of halogens is 3. The molecule has 2 aromatic heterocycles. The summed E-state index contributed by atoms with van der Waals surface area (Å²) in [6, 6.07) is 26.3. The Morgan fingerprint density at radius 3 is 2.33 bits per heavy atom. The van der Waals surface area contributed by atoms with Gasteiger partial charge in [-0.1, -0.05) is 90.1 Å². The molecular weight excluding hydrogens is 777 g/mol. The number of aromatic nitrogens is 3. The Hall–Kier alpha value is -4.80. The normalized spacial score (nSPS) is 15.6. The number of piperazine rings is 1. The molecule has 2 N–H and O–H groups in total. The van der Waals surface area contributed by atoms with Crippen LogP contribution in [0.4, 0.5) is 11.4 Å². The largest absolute Gasteiger partial charge is 0.367 e. The van der Waals surface area contributed by atoms with Crippen LogP contribution in [-0.4, -0.2) is 83.0 Å². The van der Waals surface area contributed by atoms with Gasteiger partial charge in [0.15, 0.2) is 0 Å². The second-order valence-corrected chi connectivity index (χ2v) is 16.7. The van der Waals surface area contributed by atoms with Gasteiger partial charge in [0.2, 0.25) is 0 Å². The zero-order chi connectivity index (χ0) is 39.8. The van der Waals surface area contributed by atoms with Crippen LogP contribution in [0.1, 0.15) is 65.1 Å². The molecule has 1 aliphatic carbocycles. The van der Waals surface area contributed by atoms with E-state index in [1.165, 1.54) is 25.7 Å². The quantitative estimate of drug-likeness (QED) is 0.144. The molecule has 1 saturated heterocycles. The molecule has 0 spiro atoms. The van der Waals surface area contributed by atoms with Gasteiger partial charge in [-0.3, -0.25) is 14.5 Å². The Morgan fingerprint density at radius 2 is 1.61 bits per heavy atom. The highest BCUT2D eigenvalue weighted by Gasteiger charge is 2.30. The number of fused-ring (bicyclic) bond motifs is 1. The van der Waals surface area contributed by atoms with Crippen molar-refractivity contribution in [2.24, 2.45) is 5.92 Å². The average Bonchev–Trinajstić information content (AvgIpc) is 3.97. The summed E-state index contributed by atoms with van der Waals surface area (Å²) < 4.78 is 2.05. The van der Waals surface area contributed by atoms with E-state index in [-0.39, 0.29) is 17.9 Å². The van der Waals surface area contributed by atoms with E-state index in [0.29, 0.717) is 48.8 Å². The molecule has 1 saturated carbocycles. The van der Waals surface area contributed by atoms with Gasteiger partial charge in [-0.2, -0.15) is 0 Å². The van der Waals surface area contributed by atoms with E-state index in [2.05, 4.69) is 24.7 Å². The lowest BCUT2D eigenvalue weighted by molar-refractivity contribution is 0.0827. The number of aromatic amines is 1. The first-order valence-corrected chi connectivity index (χ1v) is 20.7. The van der Waals surface area contributed by atoms with Gasteiger partial charge in [-0.25, -0.2) is 4.98 Å². The third kappa shape index (κ3) is 8.03. The standard InChI is InChI=1S/C45H46Cl3N7O2/c1-28(34-16-14-32(46)24-36(34)48)55-27-49-41(30-11-5-4-6-12-30)43(55)40-35-17-15-33(47)25-37(35)50-42(40)44(56)51-38-23-31(45(57)52(2)3)13-18-39(38)54-21-19-53(20-22-54)26-29-9-7-8-10-29/h4-6,11-18,23-25,27-29,50H,7-10,19-22,26H2,1-3H3,(H,51,56)/t28-/m0/s1. The van der Waals surface area contributed by atoms with E-state index in [0.717, 1.165) is 66.5 Å². The van der Waals surface area contributed by atoms with Crippen LogP contribution in [0.3, 0.4) is 0 Å². The predicted octanol–water partition coefficient (Wildman–Crippen LogP) is 10.5. The zero-order valence-electron chi connectivity index (χ0n) is 32.4. The van der Waals surface area contributed by atoms with Gasteiger partial charge >= 0.3 is 0 Å². The smallest absolute Gasteiger partial charge is 0.272 e. The number of benzene rings is 4. The number of imidazole rings is 1. The Kier molecular flexibility index (Phi) is 11.4. The molecule has 2 amide bonds. The fourth-order valence-corrected chi connectivity index (χ4v) is 9.24. The summed E-state index contributed by atoms with van der Waals surface area (Å²) in [4.78, 5) is 43.1. The Labute approximate surface area is 348 Å². The molecule has 0 unspecified atom stereocenters. The van der Waals surface area contributed by atoms with Crippen molar-refractivity contribution in [3.05, 3.63) is 123 Å². The average molecular weight is 823 g/mol. The lowest BCUT2D eigenvalue weighted by Crippen LogP contribution is -2.47. The van der Waals surface area contributed by atoms with Crippen LogP contribution in [0.2, 0.25) is 15.1 Å². The van der Waals surface area contributed by atoms with Gasteiger partial charge in [-0.15, -0.1) is 0 Å². The maximum Gasteiger partial charge on any atom is 0.272 e. The molecule has 1 atom stereocenters. The van der Waals surface area contributed by atoms with Gasteiger partial charge in [-0.05, 0) is 73.7 Å². The van der Waals surface area contributed by atoms with Crippen LogP contribution in [0, 0.1) is 5.92 Å². The van der Waals surface area contributed by atoms with Crippen LogP contribution in [-0.2, 0) is 0 Å². The Bertz CT molecular complexity index is 2430. The maximum absolute atomic E-state index is 15.0. The van der Waals surface area contributed by atoms with E-state index in [1.807, 2.05) is 79.7 Å². The van der Waals surface area contributed by atoms with E-state index >= 15 is 4.79 Å². The monoisotopic (exact) mass is 821 g/mol. The van der Waals surface area contributed by atoms with Gasteiger partial charge in [0.1, 0.15) is 5.69 Å². The number of carbonyl (C=O) groups excluding carboxylic acids is 2. The van der Waals surface area contributed by atoms with E-state index in [4.69, 9.17) is 39.8 Å². The van der Waals surface area contributed by atoms with Gasteiger partial charge < -0.3 is 24.7 Å². The van der Waals surface area contributed by atoms with Crippen molar-refractivity contribution in [1.29, 1.82) is 0 Å². The number of amides is 2. The highest BCUT2D eigenvalue weighted by molar-refractivity contribution is 6.35. The predicted molar refractivity (Wildman–Crippen MR) is 233 cm³/mol. The number of nitrogens with zero attached hydrogens (tertiary/aromatic N) is 5. The highest BCUT2D eigenvalue weighted by atomic mass is 35.5. The van der Waals surface area contributed by atoms with Crippen molar-refractivity contribution in [2.45, 2.75) is 38.6 Å². The summed E-state index contributed by atoms with van der Waals surface area (Å²) in [7, 11) is 3.46. The van der Waals surface area contributed by atoms with Crippen molar-refractivity contribution >= 4 is 68.9 Å². The summed E-state index contributed by atoms with van der Waals surface area (Å²) in [6.07, 6.45) is 7.11. The molecule has 0 radical (unpaired) electrons. The lowest BCUT2D eigenvalue weighted by Gasteiger charge is -2.38. The molecule has 1 aliphatic heterocycles. The first-order valence-electron chi connectivity index (χ1n) is 19.6. The minimum Gasteiger partial charge on any atom is -0.367 e. The summed E-state index contributed by atoms with van der Waals surface area (Å²) >= 11 is 19.7. The minimum absolute atomic E-state index is 0.148. The molecule has 294 valence electrons. The molecule has 0 bridgehead atoms. The Balaban J connectivity index is 1.23. The maximum atomic E-state index is 15.0. The molecule has 8 rings (SSSR count). The number of nitrogens with one attached hydrogen (secondary N) is 2. The van der Waals surface area contributed by atoms with Crippen LogP contribution in [0.15, 0.2) is 91.3 Å².